The summed E-state index contributed by atoms with van der Waals surface area (Å²) < 4.78 is 0.891. The van der Waals surface area contributed by atoms with Crippen molar-refractivity contribution in [2.75, 3.05) is 5.32 Å². The van der Waals surface area contributed by atoms with Crippen LogP contribution in [0.15, 0.2) is 40.9 Å². The molecule has 0 spiro atoms. The average Bonchev–Trinajstić information content (AvgIpc) is 2.42. The number of amides is 1. The van der Waals surface area contributed by atoms with Crippen LogP contribution < -0.4 is 11.1 Å². The minimum atomic E-state index is -0.124. The van der Waals surface area contributed by atoms with E-state index >= 15 is 0 Å². The monoisotopic (exact) mass is 332 g/mol. The van der Waals surface area contributed by atoms with Gasteiger partial charge in [0.1, 0.15) is 0 Å². The lowest BCUT2D eigenvalue weighted by Gasteiger charge is -2.12. The zero-order valence-corrected chi connectivity index (χ0v) is 13.1. The van der Waals surface area contributed by atoms with E-state index in [-0.39, 0.29) is 5.91 Å². The molecule has 0 aliphatic carbocycles. The molecule has 2 aromatic carbocycles. The molecule has 0 fully saturated rings. The van der Waals surface area contributed by atoms with Crippen LogP contribution in [0.1, 0.15) is 27.0 Å². The average molecular weight is 333 g/mol. The first-order chi connectivity index (χ1) is 9.51. The first kappa shape index (κ1) is 14.8. The van der Waals surface area contributed by atoms with E-state index in [9.17, 15) is 4.79 Å². The van der Waals surface area contributed by atoms with Gasteiger partial charge in [-0.3, -0.25) is 4.79 Å². The van der Waals surface area contributed by atoms with Crippen molar-refractivity contribution >= 4 is 27.5 Å². The molecule has 3 N–H and O–H groups in total. The Hall–Kier alpha value is -1.65. The number of carbonyl (C=O) groups is 1. The van der Waals surface area contributed by atoms with Gasteiger partial charge in [0, 0.05) is 16.6 Å². The normalized spacial score (nSPS) is 10.4. The van der Waals surface area contributed by atoms with Gasteiger partial charge in [0.15, 0.2) is 0 Å². The Morgan fingerprint density at radius 3 is 2.40 bits per heavy atom. The quantitative estimate of drug-likeness (QED) is 0.898. The van der Waals surface area contributed by atoms with Crippen LogP contribution in [0, 0.1) is 13.8 Å². The van der Waals surface area contributed by atoms with E-state index in [4.69, 9.17) is 5.73 Å². The van der Waals surface area contributed by atoms with Gasteiger partial charge in [-0.05, 0) is 64.7 Å². The Bertz CT molecular complexity index is 612. The van der Waals surface area contributed by atoms with Crippen molar-refractivity contribution in [1.29, 1.82) is 0 Å². The number of halogens is 1. The third-order valence-electron chi connectivity index (χ3n) is 3.12. The SMILES string of the molecule is Cc1cc(C)c(NC(=O)c2ccc(CN)cc2)c(Br)c1. The number of carbonyl (C=O) groups excluding carboxylic acids is 1. The third kappa shape index (κ3) is 3.26. The lowest BCUT2D eigenvalue weighted by Crippen LogP contribution is -2.13. The summed E-state index contributed by atoms with van der Waals surface area (Å²) in [6.45, 7) is 4.48. The number of anilines is 1. The molecule has 0 bridgehead atoms. The van der Waals surface area contributed by atoms with Gasteiger partial charge in [-0.25, -0.2) is 0 Å². The molecular formula is C16H17BrN2O. The largest absolute Gasteiger partial charge is 0.326 e. The van der Waals surface area contributed by atoms with Crippen LogP contribution in [0.25, 0.3) is 0 Å². The molecule has 0 aromatic heterocycles. The van der Waals surface area contributed by atoms with Gasteiger partial charge >= 0.3 is 0 Å². The van der Waals surface area contributed by atoms with Gasteiger partial charge in [-0.15, -0.1) is 0 Å². The van der Waals surface area contributed by atoms with Crippen LogP contribution in [0.3, 0.4) is 0 Å². The molecule has 0 unspecified atom stereocenters. The summed E-state index contributed by atoms with van der Waals surface area (Å²) in [5.41, 5.74) is 10.2. The van der Waals surface area contributed by atoms with Gasteiger partial charge in [-0.1, -0.05) is 18.2 Å². The van der Waals surface area contributed by atoms with Gasteiger partial charge in [-0.2, -0.15) is 0 Å². The zero-order chi connectivity index (χ0) is 14.7. The standard InChI is InChI=1S/C16H17BrN2O/c1-10-7-11(2)15(14(17)8-10)19-16(20)13-5-3-12(9-18)4-6-13/h3-8H,9,18H2,1-2H3,(H,19,20). The highest BCUT2D eigenvalue weighted by Gasteiger charge is 2.10. The number of hydrogen-bond acceptors (Lipinski definition) is 2. The zero-order valence-electron chi connectivity index (χ0n) is 11.5. The first-order valence-corrected chi connectivity index (χ1v) is 7.17. The van der Waals surface area contributed by atoms with Crippen LogP contribution in [-0.4, -0.2) is 5.91 Å². The molecule has 2 rings (SSSR count). The molecule has 20 heavy (non-hydrogen) atoms. The molecule has 1 amide bonds. The highest BCUT2D eigenvalue weighted by atomic mass is 79.9. The lowest BCUT2D eigenvalue weighted by atomic mass is 10.1. The van der Waals surface area contributed by atoms with E-state index in [1.165, 1.54) is 0 Å². The maximum Gasteiger partial charge on any atom is 0.255 e. The molecule has 0 aliphatic rings. The molecular weight excluding hydrogens is 316 g/mol. The molecule has 2 aromatic rings. The predicted molar refractivity (Wildman–Crippen MR) is 85.9 cm³/mol. The van der Waals surface area contributed by atoms with E-state index in [0.717, 1.165) is 26.9 Å². The van der Waals surface area contributed by atoms with Crippen LogP contribution in [0.2, 0.25) is 0 Å². The number of nitrogens with two attached hydrogens (primary N) is 1. The van der Waals surface area contributed by atoms with Crippen molar-refractivity contribution in [3.05, 3.63) is 63.1 Å². The number of aryl methyl sites for hydroxylation is 2. The molecule has 104 valence electrons. The van der Waals surface area contributed by atoms with Crippen LogP contribution in [-0.2, 0) is 6.54 Å². The third-order valence-corrected chi connectivity index (χ3v) is 3.75. The van der Waals surface area contributed by atoms with E-state index in [2.05, 4.69) is 21.2 Å². The van der Waals surface area contributed by atoms with Crippen molar-refractivity contribution < 1.29 is 4.79 Å². The van der Waals surface area contributed by atoms with E-state index in [1.807, 2.05) is 38.1 Å². The van der Waals surface area contributed by atoms with Gasteiger partial charge in [0.05, 0.1) is 5.69 Å². The summed E-state index contributed by atoms with van der Waals surface area (Å²) >= 11 is 3.49. The van der Waals surface area contributed by atoms with E-state index in [0.29, 0.717) is 12.1 Å². The van der Waals surface area contributed by atoms with Crippen molar-refractivity contribution in [3.63, 3.8) is 0 Å². The second kappa shape index (κ2) is 6.20. The fourth-order valence-corrected chi connectivity index (χ4v) is 2.82. The maximum absolute atomic E-state index is 12.2. The second-order valence-electron chi connectivity index (χ2n) is 4.79. The number of rotatable bonds is 3. The summed E-state index contributed by atoms with van der Waals surface area (Å²) in [4.78, 5) is 12.2. The Kier molecular flexibility index (Phi) is 4.57. The topological polar surface area (TPSA) is 55.1 Å². The molecule has 0 saturated heterocycles. The van der Waals surface area contributed by atoms with E-state index in [1.54, 1.807) is 12.1 Å². The maximum atomic E-state index is 12.2. The summed E-state index contributed by atoms with van der Waals surface area (Å²) in [7, 11) is 0. The van der Waals surface area contributed by atoms with E-state index < -0.39 is 0 Å². The summed E-state index contributed by atoms with van der Waals surface area (Å²) in [5, 5.41) is 2.94. The smallest absolute Gasteiger partial charge is 0.255 e. The van der Waals surface area contributed by atoms with Crippen molar-refractivity contribution in [3.8, 4) is 0 Å². The predicted octanol–water partition coefficient (Wildman–Crippen LogP) is 3.78. The number of benzene rings is 2. The molecule has 4 heteroatoms. The fraction of sp³-hybridized carbons (Fsp3) is 0.188. The lowest BCUT2D eigenvalue weighted by molar-refractivity contribution is 0.102. The molecule has 3 nitrogen and oxygen atoms in total. The van der Waals surface area contributed by atoms with Crippen LogP contribution in [0.4, 0.5) is 5.69 Å². The molecule has 0 atom stereocenters. The molecule has 0 saturated carbocycles. The first-order valence-electron chi connectivity index (χ1n) is 6.38. The van der Waals surface area contributed by atoms with Crippen LogP contribution in [0.5, 0.6) is 0 Å². The number of nitrogens with one attached hydrogen (secondary N) is 1. The van der Waals surface area contributed by atoms with Crippen molar-refractivity contribution in [1.82, 2.24) is 0 Å². The van der Waals surface area contributed by atoms with Crippen molar-refractivity contribution in [2.45, 2.75) is 20.4 Å². The van der Waals surface area contributed by atoms with Crippen LogP contribution >= 0.6 is 15.9 Å². The second-order valence-corrected chi connectivity index (χ2v) is 5.65. The summed E-state index contributed by atoms with van der Waals surface area (Å²) in [6.07, 6.45) is 0. The Morgan fingerprint density at radius 2 is 1.85 bits per heavy atom. The Balaban J connectivity index is 2.23. The highest BCUT2D eigenvalue weighted by molar-refractivity contribution is 9.10. The van der Waals surface area contributed by atoms with Crippen molar-refractivity contribution in [2.24, 2.45) is 5.73 Å². The minimum absolute atomic E-state index is 0.124. The Morgan fingerprint density at radius 1 is 1.20 bits per heavy atom. The molecule has 0 aliphatic heterocycles. The van der Waals surface area contributed by atoms with Gasteiger partial charge in [0.2, 0.25) is 0 Å². The summed E-state index contributed by atoms with van der Waals surface area (Å²) in [6, 6.07) is 11.3. The summed E-state index contributed by atoms with van der Waals surface area (Å²) in [5.74, 6) is -0.124. The molecule has 0 heterocycles. The number of hydrogen-bond donors (Lipinski definition) is 2. The Labute approximate surface area is 127 Å². The fourth-order valence-electron chi connectivity index (χ4n) is 2.05. The molecule has 0 radical (unpaired) electrons. The minimum Gasteiger partial charge on any atom is -0.326 e. The highest BCUT2D eigenvalue weighted by Crippen LogP contribution is 2.28. The van der Waals surface area contributed by atoms with Gasteiger partial charge < -0.3 is 11.1 Å². The van der Waals surface area contributed by atoms with Gasteiger partial charge in [0.25, 0.3) is 5.91 Å².